The van der Waals surface area contributed by atoms with E-state index in [0.717, 1.165) is 17.1 Å². The Kier molecular flexibility index (Phi) is 5.72. The second kappa shape index (κ2) is 7.53. The van der Waals surface area contributed by atoms with Crippen LogP contribution in [-0.2, 0) is 0 Å². The summed E-state index contributed by atoms with van der Waals surface area (Å²) >= 11 is 0. The van der Waals surface area contributed by atoms with Crippen LogP contribution in [0.25, 0.3) is 0 Å². The molecule has 20 heavy (non-hydrogen) atoms. The molecule has 0 spiro atoms. The number of benzene rings is 1. The van der Waals surface area contributed by atoms with Crippen LogP contribution in [0.4, 0.5) is 0 Å². The largest absolute Gasteiger partial charge is 0.493 e. The molecular weight excluding hydrogens is 250 g/mol. The van der Waals surface area contributed by atoms with E-state index in [2.05, 4.69) is 6.07 Å². The van der Waals surface area contributed by atoms with Crippen molar-refractivity contribution in [3.05, 3.63) is 23.8 Å². The molecule has 0 amide bonds. The molecule has 1 aliphatic carbocycles. The normalized spacial score (nSPS) is 18.9. The van der Waals surface area contributed by atoms with Gasteiger partial charge in [0.25, 0.3) is 0 Å². The van der Waals surface area contributed by atoms with E-state index in [0.29, 0.717) is 5.92 Å². The summed E-state index contributed by atoms with van der Waals surface area (Å²) in [4.78, 5) is 0. The average Bonchev–Trinajstić information content (AvgIpc) is 2.45. The lowest BCUT2D eigenvalue weighted by atomic mass is 9.83. The van der Waals surface area contributed by atoms with Crippen molar-refractivity contribution in [3.63, 3.8) is 0 Å². The highest BCUT2D eigenvalue weighted by atomic mass is 16.5. The first kappa shape index (κ1) is 15.2. The maximum atomic E-state index is 6.51. The van der Waals surface area contributed by atoms with Gasteiger partial charge in [-0.2, -0.15) is 0 Å². The smallest absolute Gasteiger partial charge is 0.161 e. The number of hydrogen-bond acceptors (Lipinski definition) is 3. The molecule has 0 radical (unpaired) electrons. The topological polar surface area (TPSA) is 44.5 Å². The van der Waals surface area contributed by atoms with Crippen LogP contribution in [0.3, 0.4) is 0 Å². The van der Waals surface area contributed by atoms with Gasteiger partial charge in [-0.05, 0) is 36.5 Å². The number of hydrogen-bond donors (Lipinski definition) is 1. The van der Waals surface area contributed by atoms with Crippen LogP contribution < -0.4 is 15.2 Å². The maximum Gasteiger partial charge on any atom is 0.161 e. The van der Waals surface area contributed by atoms with Crippen LogP contribution in [0.1, 0.15) is 56.6 Å². The highest BCUT2D eigenvalue weighted by Gasteiger charge is 2.21. The van der Waals surface area contributed by atoms with Crippen molar-refractivity contribution in [1.82, 2.24) is 0 Å². The predicted molar refractivity (Wildman–Crippen MR) is 82.3 cm³/mol. The van der Waals surface area contributed by atoms with Gasteiger partial charge >= 0.3 is 0 Å². The summed E-state index contributed by atoms with van der Waals surface area (Å²) in [6, 6.07) is 6.16. The van der Waals surface area contributed by atoms with Crippen molar-refractivity contribution in [3.8, 4) is 11.5 Å². The highest BCUT2D eigenvalue weighted by molar-refractivity contribution is 5.43. The molecule has 3 nitrogen and oxygen atoms in total. The van der Waals surface area contributed by atoms with Crippen LogP contribution in [0.5, 0.6) is 11.5 Å². The van der Waals surface area contributed by atoms with Crippen molar-refractivity contribution in [2.24, 2.45) is 11.7 Å². The van der Waals surface area contributed by atoms with Crippen molar-refractivity contribution in [1.29, 1.82) is 0 Å². The minimum atomic E-state index is 0.105. The lowest BCUT2D eigenvalue weighted by Crippen LogP contribution is -2.22. The molecule has 1 atom stereocenters. The quantitative estimate of drug-likeness (QED) is 0.902. The minimum Gasteiger partial charge on any atom is -0.493 e. The standard InChI is InChI=1S/C17H27NO2/c1-19-15-11-10-14(12-16(15)20-2)17(18)13-8-6-4-3-5-7-9-13/h10-13,17H,3-9,18H2,1-2H3. The van der Waals surface area contributed by atoms with E-state index in [1.54, 1.807) is 14.2 Å². The molecule has 0 saturated heterocycles. The number of ether oxygens (including phenoxy) is 2. The molecule has 1 unspecified atom stereocenters. The fraction of sp³-hybridized carbons (Fsp3) is 0.647. The second-order valence-electron chi connectivity index (χ2n) is 5.75. The fourth-order valence-electron chi connectivity index (χ4n) is 3.18. The van der Waals surface area contributed by atoms with Crippen LogP contribution in [-0.4, -0.2) is 14.2 Å². The van der Waals surface area contributed by atoms with Crippen LogP contribution in [0.15, 0.2) is 18.2 Å². The van der Waals surface area contributed by atoms with Crippen molar-refractivity contribution in [2.75, 3.05) is 14.2 Å². The van der Waals surface area contributed by atoms with Gasteiger partial charge < -0.3 is 15.2 Å². The third kappa shape index (κ3) is 3.66. The van der Waals surface area contributed by atoms with Crippen molar-refractivity contribution >= 4 is 0 Å². The lowest BCUT2D eigenvalue weighted by Gasteiger charge is -2.26. The molecule has 3 heteroatoms. The molecule has 1 aromatic carbocycles. The molecular formula is C17H27NO2. The average molecular weight is 277 g/mol. The minimum absolute atomic E-state index is 0.105. The van der Waals surface area contributed by atoms with Crippen molar-refractivity contribution < 1.29 is 9.47 Å². The van der Waals surface area contributed by atoms with Gasteiger partial charge in [-0.15, -0.1) is 0 Å². The molecule has 2 rings (SSSR count). The third-order valence-corrected chi connectivity index (χ3v) is 4.45. The summed E-state index contributed by atoms with van der Waals surface area (Å²) < 4.78 is 10.7. The Balaban J connectivity index is 2.12. The molecule has 1 fully saturated rings. The molecule has 1 saturated carbocycles. The van der Waals surface area contributed by atoms with E-state index in [1.807, 2.05) is 12.1 Å². The predicted octanol–water partition coefficient (Wildman–Crippen LogP) is 4.06. The first-order valence-electron chi connectivity index (χ1n) is 7.73. The van der Waals surface area contributed by atoms with Crippen LogP contribution >= 0.6 is 0 Å². The highest BCUT2D eigenvalue weighted by Crippen LogP contribution is 2.35. The molecule has 0 aliphatic heterocycles. The molecule has 0 heterocycles. The van der Waals surface area contributed by atoms with Gasteiger partial charge in [0, 0.05) is 6.04 Å². The summed E-state index contributed by atoms with van der Waals surface area (Å²) in [5.41, 5.74) is 7.67. The molecule has 0 aromatic heterocycles. The van der Waals surface area contributed by atoms with Crippen molar-refractivity contribution in [2.45, 2.75) is 51.0 Å². The zero-order valence-corrected chi connectivity index (χ0v) is 12.7. The van der Waals surface area contributed by atoms with Gasteiger partial charge in [-0.25, -0.2) is 0 Å². The van der Waals surface area contributed by atoms with Crippen LogP contribution in [0, 0.1) is 5.92 Å². The van der Waals surface area contributed by atoms with E-state index < -0.39 is 0 Å². The Morgan fingerprint density at radius 2 is 1.55 bits per heavy atom. The van der Waals surface area contributed by atoms with E-state index >= 15 is 0 Å². The molecule has 2 N–H and O–H groups in total. The monoisotopic (exact) mass is 277 g/mol. The van der Waals surface area contributed by atoms with E-state index in [4.69, 9.17) is 15.2 Å². The number of nitrogens with two attached hydrogens (primary N) is 1. The molecule has 1 aromatic rings. The zero-order valence-electron chi connectivity index (χ0n) is 12.7. The Bertz CT molecular complexity index is 411. The van der Waals surface area contributed by atoms with E-state index in [1.165, 1.54) is 44.9 Å². The second-order valence-corrected chi connectivity index (χ2v) is 5.75. The van der Waals surface area contributed by atoms with Gasteiger partial charge in [0.15, 0.2) is 11.5 Å². The zero-order chi connectivity index (χ0) is 14.4. The van der Waals surface area contributed by atoms with Gasteiger partial charge in [0.2, 0.25) is 0 Å². The summed E-state index contributed by atoms with van der Waals surface area (Å²) in [5, 5.41) is 0. The lowest BCUT2D eigenvalue weighted by molar-refractivity contribution is 0.324. The fourth-order valence-corrected chi connectivity index (χ4v) is 3.18. The van der Waals surface area contributed by atoms with E-state index in [9.17, 15) is 0 Å². The van der Waals surface area contributed by atoms with Gasteiger partial charge in [-0.1, -0.05) is 38.2 Å². The summed E-state index contributed by atoms with van der Waals surface area (Å²) in [5.74, 6) is 2.13. The summed E-state index contributed by atoms with van der Waals surface area (Å²) in [6.07, 6.45) is 9.21. The van der Waals surface area contributed by atoms with Gasteiger partial charge in [0.1, 0.15) is 0 Å². The van der Waals surface area contributed by atoms with Gasteiger partial charge in [0.05, 0.1) is 14.2 Å². The molecule has 1 aliphatic rings. The Morgan fingerprint density at radius 3 is 2.15 bits per heavy atom. The number of methoxy groups -OCH3 is 2. The van der Waals surface area contributed by atoms with E-state index in [-0.39, 0.29) is 6.04 Å². The summed E-state index contributed by atoms with van der Waals surface area (Å²) in [6.45, 7) is 0. The Labute approximate surface area is 122 Å². The third-order valence-electron chi connectivity index (χ3n) is 4.45. The van der Waals surface area contributed by atoms with Gasteiger partial charge in [-0.3, -0.25) is 0 Å². The first-order chi connectivity index (χ1) is 9.76. The molecule has 0 bridgehead atoms. The Hall–Kier alpha value is -1.22. The summed E-state index contributed by atoms with van der Waals surface area (Å²) in [7, 11) is 3.33. The molecule has 112 valence electrons. The first-order valence-corrected chi connectivity index (χ1v) is 7.73. The maximum absolute atomic E-state index is 6.51. The number of rotatable bonds is 4. The van der Waals surface area contributed by atoms with Crippen LogP contribution in [0.2, 0.25) is 0 Å². The SMILES string of the molecule is COc1ccc(C(N)C2CCCCCCC2)cc1OC. The Morgan fingerprint density at radius 1 is 0.950 bits per heavy atom.